The summed E-state index contributed by atoms with van der Waals surface area (Å²) in [6.45, 7) is 2.00. The molecule has 6 heteroatoms. The van der Waals surface area contributed by atoms with Gasteiger partial charge in [0, 0.05) is 12.4 Å². The Bertz CT molecular complexity index is 659. The smallest absolute Gasteiger partial charge is 0.344 e. The van der Waals surface area contributed by atoms with Gasteiger partial charge >= 0.3 is 5.97 Å². The number of carbonyl (C=O) groups is 2. The Kier molecular flexibility index (Phi) is 7.43. The summed E-state index contributed by atoms with van der Waals surface area (Å²) in [5.74, 6) is 0.234. The lowest BCUT2D eigenvalue weighted by Gasteiger charge is -2.16. The van der Waals surface area contributed by atoms with E-state index in [1.54, 1.807) is 19.3 Å². The summed E-state index contributed by atoms with van der Waals surface area (Å²) in [5.41, 5.74) is 2.09. The lowest BCUT2D eigenvalue weighted by atomic mass is 10.0. The summed E-state index contributed by atoms with van der Waals surface area (Å²) in [4.78, 5) is 26.2. The van der Waals surface area contributed by atoms with Crippen molar-refractivity contribution in [3.05, 3.63) is 59.9 Å². The normalized spacial score (nSPS) is 11.4. The van der Waals surface area contributed by atoms with E-state index in [0.29, 0.717) is 18.8 Å². The summed E-state index contributed by atoms with van der Waals surface area (Å²) < 4.78 is 10.2. The zero-order chi connectivity index (χ0) is 17.9. The van der Waals surface area contributed by atoms with Gasteiger partial charge in [0.25, 0.3) is 0 Å². The number of rotatable bonds is 10. The van der Waals surface area contributed by atoms with Crippen LogP contribution in [0, 0.1) is 0 Å². The highest BCUT2D eigenvalue weighted by atomic mass is 16.6. The van der Waals surface area contributed by atoms with Crippen LogP contribution in [0.15, 0.2) is 48.8 Å². The Morgan fingerprint density at radius 2 is 2.08 bits per heavy atom. The molecule has 0 fully saturated rings. The summed E-state index contributed by atoms with van der Waals surface area (Å²) in [6.07, 6.45) is 5.72. The quantitative estimate of drug-likeness (QED) is 0.530. The number of aryl methyl sites for hydroxylation is 1. The molecule has 1 heterocycles. The first kappa shape index (κ1) is 18.4. The first-order chi connectivity index (χ1) is 12.2. The predicted molar refractivity (Wildman–Crippen MR) is 93.1 cm³/mol. The molecule has 0 radical (unpaired) electrons. The summed E-state index contributed by atoms with van der Waals surface area (Å²) in [7, 11) is 0. The van der Waals surface area contributed by atoms with Gasteiger partial charge < -0.3 is 14.8 Å². The van der Waals surface area contributed by atoms with Gasteiger partial charge in [-0.3, -0.25) is 9.78 Å². The van der Waals surface area contributed by atoms with E-state index in [9.17, 15) is 9.59 Å². The first-order valence-electron chi connectivity index (χ1n) is 8.20. The topological polar surface area (TPSA) is 77.5 Å². The van der Waals surface area contributed by atoms with Crippen molar-refractivity contribution in [3.8, 4) is 5.75 Å². The fourth-order valence-corrected chi connectivity index (χ4v) is 2.42. The second-order valence-electron chi connectivity index (χ2n) is 5.40. The lowest BCUT2D eigenvalue weighted by Crippen LogP contribution is -2.20. The number of pyridine rings is 1. The molecule has 1 atom stereocenters. The molecule has 1 aromatic carbocycles. The number of aromatic nitrogens is 1. The van der Waals surface area contributed by atoms with Crippen LogP contribution in [0.25, 0.3) is 0 Å². The average Bonchev–Trinajstić information content (AvgIpc) is 2.65. The molecule has 0 aliphatic heterocycles. The minimum Gasteiger partial charge on any atom is -0.482 e. The van der Waals surface area contributed by atoms with Gasteiger partial charge in [-0.15, -0.1) is 0 Å². The molecule has 1 unspecified atom stereocenters. The monoisotopic (exact) mass is 342 g/mol. The highest BCUT2D eigenvalue weighted by Gasteiger charge is 2.11. The van der Waals surface area contributed by atoms with Crippen molar-refractivity contribution in [3.63, 3.8) is 0 Å². The number of benzene rings is 1. The Morgan fingerprint density at radius 1 is 1.28 bits per heavy atom. The summed E-state index contributed by atoms with van der Waals surface area (Å²) in [5, 5.41) is 2.83. The molecular weight excluding hydrogens is 320 g/mol. The minimum atomic E-state index is -0.383. The van der Waals surface area contributed by atoms with Crippen molar-refractivity contribution in [1.29, 1.82) is 0 Å². The Balaban J connectivity index is 1.87. The Morgan fingerprint density at radius 3 is 2.72 bits per heavy atom. The molecule has 1 amide bonds. The van der Waals surface area contributed by atoms with Gasteiger partial charge in [0.1, 0.15) is 5.75 Å². The molecule has 0 aliphatic carbocycles. The molecule has 0 aliphatic rings. The van der Waals surface area contributed by atoms with Crippen molar-refractivity contribution < 1.29 is 19.1 Å². The van der Waals surface area contributed by atoms with Crippen LogP contribution >= 0.6 is 0 Å². The number of esters is 1. The van der Waals surface area contributed by atoms with Crippen LogP contribution in [0.4, 0.5) is 0 Å². The van der Waals surface area contributed by atoms with Crippen LogP contribution in [0.3, 0.4) is 0 Å². The molecule has 0 spiro atoms. The Labute approximate surface area is 147 Å². The number of carbonyl (C=O) groups excluding carboxylic acids is 2. The molecule has 0 saturated carbocycles. The molecule has 2 aromatic rings. The van der Waals surface area contributed by atoms with Crippen LogP contribution < -0.4 is 10.1 Å². The van der Waals surface area contributed by atoms with Gasteiger partial charge in [-0.05, 0) is 49.1 Å². The van der Waals surface area contributed by atoms with E-state index in [1.165, 1.54) is 0 Å². The third-order valence-electron chi connectivity index (χ3n) is 3.66. The zero-order valence-corrected chi connectivity index (χ0v) is 14.2. The van der Waals surface area contributed by atoms with Crippen molar-refractivity contribution in [2.75, 3.05) is 13.2 Å². The number of ether oxygens (including phenoxy) is 2. The molecular formula is C19H22N2O4. The van der Waals surface area contributed by atoms with Crippen molar-refractivity contribution in [2.24, 2.45) is 0 Å². The maximum Gasteiger partial charge on any atom is 0.344 e. The molecule has 25 heavy (non-hydrogen) atoms. The fraction of sp³-hybridized carbons (Fsp3) is 0.316. The van der Waals surface area contributed by atoms with Gasteiger partial charge in [0.05, 0.1) is 12.6 Å². The van der Waals surface area contributed by atoms with Crippen molar-refractivity contribution >= 4 is 12.4 Å². The maximum absolute atomic E-state index is 11.3. The van der Waals surface area contributed by atoms with Crippen molar-refractivity contribution in [1.82, 2.24) is 10.3 Å². The number of hydrogen-bond donors (Lipinski definition) is 1. The van der Waals surface area contributed by atoms with E-state index >= 15 is 0 Å². The van der Waals surface area contributed by atoms with Gasteiger partial charge in [0.15, 0.2) is 6.61 Å². The number of hydrogen-bond acceptors (Lipinski definition) is 5. The molecule has 2 rings (SSSR count). The second-order valence-corrected chi connectivity index (χ2v) is 5.40. The molecule has 6 nitrogen and oxygen atoms in total. The van der Waals surface area contributed by atoms with E-state index in [-0.39, 0.29) is 18.6 Å². The highest BCUT2D eigenvalue weighted by Crippen LogP contribution is 2.19. The van der Waals surface area contributed by atoms with E-state index in [2.05, 4.69) is 10.3 Å². The number of nitrogens with zero attached hydrogens (tertiary/aromatic N) is 1. The van der Waals surface area contributed by atoms with Gasteiger partial charge in [-0.1, -0.05) is 18.2 Å². The van der Waals surface area contributed by atoms with Crippen LogP contribution in [0.5, 0.6) is 5.75 Å². The van der Waals surface area contributed by atoms with Crippen LogP contribution in [0.2, 0.25) is 0 Å². The number of amides is 1. The minimum absolute atomic E-state index is 0.0778. The standard InChI is InChI=1S/C19H22N2O4/c1-2-24-19(23)13-25-17-8-5-15(6-9-17)7-10-18(21-14-22)16-4-3-11-20-12-16/h3-6,8-9,11-12,14,18H,2,7,10,13H2,1H3,(H,21,22). The predicted octanol–water partition coefficient (Wildman–Crippen LogP) is 2.44. The van der Waals surface area contributed by atoms with E-state index < -0.39 is 0 Å². The third kappa shape index (κ3) is 6.25. The van der Waals surface area contributed by atoms with Crippen LogP contribution in [0.1, 0.15) is 30.5 Å². The van der Waals surface area contributed by atoms with Crippen molar-refractivity contribution in [2.45, 2.75) is 25.8 Å². The molecule has 1 N–H and O–H groups in total. The molecule has 132 valence electrons. The summed E-state index contributed by atoms with van der Waals surface area (Å²) >= 11 is 0. The van der Waals surface area contributed by atoms with E-state index in [1.807, 2.05) is 36.4 Å². The van der Waals surface area contributed by atoms with E-state index in [0.717, 1.165) is 24.0 Å². The highest BCUT2D eigenvalue weighted by molar-refractivity contribution is 5.71. The second kappa shape index (κ2) is 10.1. The fourth-order valence-electron chi connectivity index (χ4n) is 2.42. The number of nitrogens with one attached hydrogen (secondary N) is 1. The summed E-state index contributed by atoms with van der Waals surface area (Å²) in [6, 6.07) is 11.3. The van der Waals surface area contributed by atoms with Crippen LogP contribution in [-0.2, 0) is 20.7 Å². The average molecular weight is 342 g/mol. The van der Waals surface area contributed by atoms with E-state index in [4.69, 9.17) is 9.47 Å². The molecule has 0 saturated heterocycles. The molecule has 1 aromatic heterocycles. The maximum atomic E-state index is 11.3. The SMILES string of the molecule is CCOC(=O)COc1ccc(CCC(NC=O)c2cccnc2)cc1. The van der Waals surface area contributed by atoms with Crippen LogP contribution in [-0.4, -0.2) is 30.6 Å². The molecule has 0 bridgehead atoms. The first-order valence-corrected chi connectivity index (χ1v) is 8.20. The van der Waals surface area contributed by atoms with Gasteiger partial charge in [-0.25, -0.2) is 4.79 Å². The third-order valence-corrected chi connectivity index (χ3v) is 3.66. The lowest BCUT2D eigenvalue weighted by molar-refractivity contribution is -0.145. The zero-order valence-electron chi connectivity index (χ0n) is 14.2. The van der Waals surface area contributed by atoms with Gasteiger partial charge in [0.2, 0.25) is 6.41 Å². The van der Waals surface area contributed by atoms with Gasteiger partial charge in [-0.2, -0.15) is 0 Å². The largest absolute Gasteiger partial charge is 0.482 e. The Hall–Kier alpha value is -2.89.